The lowest BCUT2D eigenvalue weighted by Gasteiger charge is -2.28. The van der Waals surface area contributed by atoms with E-state index in [4.69, 9.17) is 23.2 Å². The van der Waals surface area contributed by atoms with Gasteiger partial charge in [0.15, 0.2) is 0 Å². The summed E-state index contributed by atoms with van der Waals surface area (Å²) in [5, 5.41) is 6.85. The molecule has 2 rings (SSSR count). The number of nitrogens with zero attached hydrogens (tertiary/aromatic N) is 2. The number of amides is 1. The standard InChI is InChI=1S/C13H14Cl2N2O/c1-8-3-6-13(18)17(16-8)9(2)10-4-5-11(14)12(15)7-10/h4-5,7,9H,3,6H2,1-2H3/t9-/m1/s1. The molecule has 0 aliphatic carbocycles. The molecule has 96 valence electrons. The molecule has 0 spiro atoms. The second kappa shape index (κ2) is 5.29. The van der Waals surface area contributed by atoms with Crippen LogP contribution in [0.1, 0.15) is 38.3 Å². The topological polar surface area (TPSA) is 32.7 Å². The first-order chi connectivity index (χ1) is 8.49. The third kappa shape index (κ3) is 2.68. The fraction of sp³-hybridized carbons (Fsp3) is 0.385. The molecule has 0 radical (unpaired) electrons. The minimum atomic E-state index is -0.137. The average Bonchev–Trinajstić information content (AvgIpc) is 2.35. The lowest BCUT2D eigenvalue weighted by Crippen LogP contribution is -2.33. The minimum Gasteiger partial charge on any atom is -0.273 e. The third-order valence-electron chi connectivity index (χ3n) is 3.03. The Kier molecular flexibility index (Phi) is 3.93. The third-order valence-corrected chi connectivity index (χ3v) is 3.77. The average molecular weight is 285 g/mol. The van der Waals surface area contributed by atoms with Crippen LogP contribution in [0.15, 0.2) is 23.3 Å². The van der Waals surface area contributed by atoms with E-state index in [2.05, 4.69) is 5.10 Å². The molecule has 0 saturated carbocycles. The van der Waals surface area contributed by atoms with E-state index in [0.717, 1.165) is 17.7 Å². The Morgan fingerprint density at radius 1 is 1.28 bits per heavy atom. The summed E-state index contributed by atoms with van der Waals surface area (Å²) in [4.78, 5) is 11.9. The molecule has 5 heteroatoms. The van der Waals surface area contributed by atoms with Crippen LogP contribution in [0.25, 0.3) is 0 Å². The van der Waals surface area contributed by atoms with Gasteiger partial charge in [-0.1, -0.05) is 29.3 Å². The van der Waals surface area contributed by atoms with Crippen LogP contribution in [0.5, 0.6) is 0 Å². The highest BCUT2D eigenvalue weighted by Crippen LogP contribution is 2.29. The molecular formula is C13H14Cl2N2O. The molecular weight excluding hydrogens is 271 g/mol. The van der Waals surface area contributed by atoms with Gasteiger partial charge in [0.2, 0.25) is 5.91 Å². The number of benzene rings is 1. The molecule has 3 nitrogen and oxygen atoms in total. The predicted molar refractivity (Wildman–Crippen MR) is 74.1 cm³/mol. The fourth-order valence-electron chi connectivity index (χ4n) is 1.91. The van der Waals surface area contributed by atoms with E-state index < -0.39 is 0 Å². The van der Waals surface area contributed by atoms with Crippen molar-refractivity contribution in [1.82, 2.24) is 5.01 Å². The normalized spacial score (nSPS) is 17.7. The molecule has 1 aliphatic rings. The lowest BCUT2D eigenvalue weighted by atomic mass is 10.1. The summed E-state index contributed by atoms with van der Waals surface area (Å²) in [5.74, 6) is 0.0409. The summed E-state index contributed by atoms with van der Waals surface area (Å²) in [6.07, 6.45) is 1.25. The van der Waals surface area contributed by atoms with Gasteiger partial charge in [-0.25, -0.2) is 5.01 Å². The molecule has 18 heavy (non-hydrogen) atoms. The van der Waals surface area contributed by atoms with Crippen molar-refractivity contribution in [1.29, 1.82) is 0 Å². The van der Waals surface area contributed by atoms with E-state index in [-0.39, 0.29) is 11.9 Å². The summed E-state index contributed by atoms with van der Waals surface area (Å²) in [7, 11) is 0. The number of rotatable bonds is 2. The van der Waals surface area contributed by atoms with Gasteiger partial charge in [-0.3, -0.25) is 4.79 Å². The number of hydrogen-bond acceptors (Lipinski definition) is 2. The maximum absolute atomic E-state index is 11.9. The summed E-state index contributed by atoms with van der Waals surface area (Å²) in [6, 6.07) is 5.25. The van der Waals surface area contributed by atoms with Gasteiger partial charge < -0.3 is 0 Å². The molecule has 1 atom stereocenters. The Morgan fingerprint density at radius 2 is 2.00 bits per heavy atom. The van der Waals surface area contributed by atoms with E-state index in [1.165, 1.54) is 5.01 Å². The second-order valence-electron chi connectivity index (χ2n) is 4.42. The summed E-state index contributed by atoms with van der Waals surface area (Å²) in [5.41, 5.74) is 1.90. The lowest BCUT2D eigenvalue weighted by molar-refractivity contribution is -0.134. The minimum absolute atomic E-state index is 0.0409. The van der Waals surface area contributed by atoms with Gasteiger partial charge in [0, 0.05) is 12.1 Å². The number of halogens is 2. The molecule has 0 bridgehead atoms. The molecule has 0 unspecified atom stereocenters. The molecule has 1 heterocycles. The second-order valence-corrected chi connectivity index (χ2v) is 5.24. The Morgan fingerprint density at radius 3 is 2.67 bits per heavy atom. The van der Waals surface area contributed by atoms with Crippen molar-refractivity contribution in [2.75, 3.05) is 0 Å². The molecule has 1 aromatic rings. The van der Waals surface area contributed by atoms with Crippen LogP contribution < -0.4 is 0 Å². The molecule has 0 fully saturated rings. The highest BCUT2D eigenvalue weighted by atomic mass is 35.5. The largest absolute Gasteiger partial charge is 0.273 e. The van der Waals surface area contributed by atoms with Crippen LogP contribution in [-0.2, 0) is 4.79 Å². The van der Waals surface area contributed by atoms with Gasteiger partial charge in [0.1, 0.15) is 0 Å². The van der Waals surface area contributed by atoms with Crippen molar-refractivity contribution in [3.63, 3.8) is 0 Å². The van der Waals surface area contributed by atoms with E-state index in [1.807, 2.05) is 19.9 Å². The zero-order chi connectivity index (χ0) is 13.3. The monoisotopic (exact) mass is 284 g/mol. The number of hydrogen-bond donors (Lipinski definition) is 0. The highest BCUT2D eigenvalue weighted by Gasteiger charge is 2.24. The Bertz CT molecular complexity index is 514. The van der Waals surface area contributed by atoms with Crippen molar-refractivity contribution >= 4 is 34.8 Å². The van der Waals surface area contributed by atoms with Gasteiger partial charge in [0.25, 0.3) is 0 Å². The first kappa shape index (κ1) is 13.4. The van der Waals surface area contributed by atoms with Gasteiger partial charge in [-0.2, -0.15) is 5.10 Å². The van der Waals surface area contributed by atoms with Crippen LogP contribution in [0, 0.1) is 0 Å². The van der Waals surface area contributed by atoms with E-state index >= 15 is 0 Å². The van der Waals surface area contributed by atoms with Crippen LogP contribution in [0.4, 0.5) is 0 Å². The van der Waals surface area contributed by atoms with Gasteiger partial charge in [-0.15, -0.1) is 0 Å². The van der Waals surface area contributed by atoms with Crippen LogP contribution in [0.3, 0.4) is 0 Å². The van der Waals surface area contributed by atoms with Crippen LogP contribution in [0.2, 0.25) is 10.0 Å². The van der Waals surface area contributed by atoms with Crippen molar-refractivity contribution < 1.29 is 4.79 Å². The highest BCUT2D eigenvalue weighted by molar-refractivity contribution is 6.42. The molecule has 1 amide bonds. The molecule has 1 aliphatic heterocycles. The number of carbonyl (C=O) groups is 1. The van der Waals surface area contributed by atoms with Crippen LogP contribution >= 0.6 is 23.2 Å². The number of hydrazone groups is 1. The van der Waals surface area contributed by atoms with Crippen LogP contribution in [-0.4, -0.2) is 16.6 Å². The smallest absolute Gasteiger partial charge is 0.243 e. The fourth-order valence-corrected chi connectivity index (χ4v) is 2.21. The van der Waals surface area contributed by atoms with Crippen molar-refractivity contribution in [2.24, 2.45) is 5.10 Å². The summed E-state index contributed by atoms with van der Waals surface area (Å²) in [6.45, 7) is 3.86. The van der Waals surface area contributed by atoms with Gasteiger partial charge in [0.05, 0.1) is 16.1 Å². The Labute approximate surface area is 116 Å². The van der Waals surface area contributed by atoms with E-state index in [0.29, 0.717) is 16.5 Å². The molecule has 1 aromatic carbocycles. The first-order valence-corrected chi connectivity index (χ1v) is 6.55. The van der Waals surface area contributed by atoms with Gasteiger partial charge in [-0.05, 0) is 38.0 Å². The molecule has 0 N–H and O–H groups in total. The van der Waals surface area contributed by atoms with Crippen molar-refractivity contribution in [2.45, 2.75) is 32.7 Å². The molecule has 0 saturated heterocycles. The van der Waals surface area contributed by atoms with E-state index in [9.17, 15) is 4.79 Å². The Hall–Kier alpha value is -1.06. The summed E-state index contributed by atoms with van der Waals surface area (Å²) >= 11 is 11.9. The number of carbonyl (C=O) groups excluding carboxylic acids is 1. The summed E-state index contributed by atoms with van der Waals surface area (Å²) < 4.78 is 0. The predicted octanol–water partition coefficient (Wildman–Crippen LogP) is 4.05. The zero-order valence-corrected chi connectivity index (χ0v) is 11.8. The first-order valence-electron chi connectivity index (χ1n) is 5.80. The van der Waals surface area contributed by atoms with Gasteiger partial charge >= 0.3 is 0 Å². The maximum atomic E-state index is 11.9. The maximum Gasteiger partial charge on any atom is 0.243 e. The van der Waals surface area contributed by atoms with Crippen molar-refractivity contribution in [3.8, 4) is 0 Å². The van der Waals surface area contributed by atoms with E-state index in [1.54, 1.807) is 12.1 Å². The Balaban J connectivity index is 2.30. The quantitative estimate of drug-likeness (QED) is 0.806. The zero-order valence-electron chi connectivity index (χ0n) is 10.3. The van der Waals surface area contributed by atoms with Crippen molar-refractivity contribution in [3.05, 3.63) is 33.8 Å². The molecule has 0 aromatic heterocycles. The SMILES string of the molecule is CC1=NN([C@H](C)c2ccc(Cl)c(Cl)c2)C(=O)CC1.